The highest BCUT2D eigenvalue weighted by molar-refractivity contribution is 7.98. The van der Waals surface area contributed by atoms with Crippen molar-refractivity contribution < 1.29 is 22.7 Å². The molecular weight excluding hydrogens is 458 g/mol. The topological polar surface area (TPSA) is 74.3 Å². The molecule has 10 heteroatoms. The van der Waals surface area contributed by atoms with Gasteiger partial charge in [0, 0.05) is 11.3 Å². The number of benzene rings is 1. The van der Waals surface area contributed by atoms with Crippen LogP contribution in [0.4, 0.5) is 8.78 Å². The van der Waals surface area contributed by atoms with E-state index in [4.69, 9.17) is 9.15 Å². The van der Waals surface area contributed by atoms with Crippen LogP contribution >= 0.6 is 23.1 Å². The van der Waals surface area contributed by atoms with E-state index in [9.17, 15) is 18.4 Å². The summed E-state index contributed by atoms with van der Waals surface area (Å²) in [5, 5.41) is 0.573. The Hall–Kier alpha value is -2.98. The van der Waals surface area contributed by atoms with Crippen molar-refractivity contribution in [1.82, 2.24) is 9.55 Å². The molecule has 6 nitrogen and oxygen atoms in total. The lowest BCUT2D eigenvalue weighted by atomic mass is 10.2. The maximum Gasteiger partial charge on any atom is 0.348 e. The quantitative estimate of drug-likeness (QED) is 0.209. The molecule has 4 aromatic rings. The molecule has 4 rings (SSSR count). The van der Waals surface area contributed by atoms with Crippen molar-refractivity contribution in [1.29, 1.82) is 0 Å². The Labute approximate surface area is 189 Å². The van der Waals surface area contributed by atoms with E-state index in [1.54, 1.807) is 26.0 Å². The monoisotopic (exact) mass is 476 g/mol. The molecule has 0 fully saturated rings. The molecule has 0 aliphatic carbocycles. The van der Waals surface area contributed by atoms with Gasteiger partial charge in [-0.3, -0.25) is 9.36 Å². The first-order valence-corrected chi connectivity index (χ1v) is 11.5. The second kappa shape index (κ2) is 9.25. The summed E-state index contributed by atoms with van der Waals surface area (Å²) >= 11 is 2.09. The van der Waals surface area contributed by atoms with E-state index >= 15 is 0 Å². The van der Waals surface area contributed by atoms with Gasteiger partial charge < -0.3 is 9.15 Å². The molecule has 3 aromatic heterocycles. The molecule has 0 aliphatic heterocycles. The number of halogens is 2. The first-order chi connectivity index (χ1) is 15.4. The van der Waals surface area contributed by atoms with E-state index in [1.165, 1.54) is 29.0 Å². The van der Waals surface area contributed by atoms with Gasteiger partial charge in [0.25, 0.3) is 5.56 Å². The van der Waals surface area contributed by atoms with Crippen LogP contribution in [0, 0.1) is 18.6 Å². The van der Waals surface area contributed by atoms with E-state index in [-0.39, 0.29) is 35.2 Å². The summed E-state index contributed by atoms with van der Waals surface area (Å²) < 4.78 is 40.1. The van der Waals surface area contributed by atoms with Crippen molar-refractivity contribution in [2.24, 2.45) is 0 Å². The van der Waals surface area contributed by atoms with E-state index in [1.807, 2.05) is 0 Å². The summed E-state index contributed by atoms with van der Waals surface area (Å²) in [6.07, 6.45) is 1.49. The number of fused-ring (bicyclic) bond motifs is 1. The molecule has 0 amide bonds. The number of thioether (sulfide) groups is 1. The molecule has 0 N–H and O–H groups in total. The van der Waals surface area contributed by atoms with Gasteiger partial charge in [-0.15, -0.1) is 11.3 Å². The van der Waals surface area contributed by atoms with Crippen molar-refractivity contribution >= 4 is 39.3 Å². The van der Waals surface area contributed by atoms with Crippen LogP contribution in [0.3, 0.4) is 0 Å². The van der Waals surface area contributed by atoms with Crippen molar-refractivity contribution in [2.75, 3.05) is 6.61 Å². The molecule has 0 saturated carbocycles. The van der Waals surface area contributed by atoms with Gasteiger partial charge in [0.2, 0.25) is 0 Å². The minimum atomic E-state index is -0.671. The number of rotatable bonds is 7. The fraction of sp³-hybridized carbons (Fsp3) is 0.227. The lowest BCUT2D eigenvalue weighted by molar-refractivity contribution is 0.0531. The number of carbonyl (C=O) groups is 1. The molecule has 0 spiro atoms. The zero-order valence-electron chi connectivity index (χ0n) is 17.2. The summed E-state index contributed by atoms with van der Waals surface area (Å²) in [4.78, 5) is 30.9. The maximum absolute atomic E-state index is 14.1. The highest BCUT2D eigenvalue weighted by Gasteiger charge is 2.23. The van der Waals surface area contributed by atoms with Gasteiger partial charge >= 0.3 is 5.97 Å². The van der Waals surface area contributed by atoms with Gasteiger partial charge in [-0.1, -0.05) is 17.8 Å². The third-order valence-electron chi connectivity index (χ3n) is 4.78. The molecule has 3 heterocycles. The SMILES string of the molecule is CCOC(=O)c1sc2nc(SCc3c(F)cccc3F)n(Cc3ccco3)c(=O)c2c1C. The van der Waals surface area contributed by atoms with Crippen LogP contribution in [0.25, 0.3) is 10.2 Å². The normalized spacial score (nSPS) is 11.2. The molecule has 0 bridgehead atoms. The molecule has 1 aromatic carbocycles. The molecule has 0 atom stereocenters. The average molecular weight is 477 g/mol. The van der Waals surface area contributed by atoms with Crippen LogP contribution in [0.15, 0.2) is 51.0 Å². The Bertz CT molecular complexity index is 1330. The number of aryl methyl sites for hydroxylation is 1. The molecule has 0 aliphatic rings. The number of aromatic nitrogens is 2. The second-order valence-electron chi connectivity index (χ2n) is 6.81. The third-order valence-corrected chi connectivity index (χ3v) is 6.95. The standard InChI is InChI=1S/C22H18F2N2O4S2/c1-3-29-21(28)18-12(2)17-19(32-18)25-22(26(20(17)27)10-13-6-5-9-30-13)31-11-14-15(23)7-4-8-16(14)24/h4-9H,3,10-11H2,1-2H3. The molecule has 0 unspecified atom stereocenters. The Kier molecular flexibility index (Phi) is 6.43. The van der Waals surface area contributed by atoms with Gasteiger partial charge in [-0.25, -0.2) is 18.6 Å². The fourth-order valence-electron chi connectivity index (χ4n) is 3.20. The highest BCUT2D eigenvalue weighted by atomic mass is 32.2. The number of hydrogen-bond acceptors (Lipinski definition) is 7. The first kappa shape index (κ1) is 22.2. The van der Waals surface area contributed by atoms with Crippen molar-refractivity contribution in [3.05, 3.63) is 80.3 Å². The minimum Gasteiger partial charge on any atom is -0.467 e. The predicted molar refractivity (Wildman–Crippen MR) is 118 cm³/mol. The minimum absolute atomic E-state index is 0.0658. The van der Waals surface area contributed by atoms with E-state index in [0.717, 1.165) is 23.1 Å². The van der Waals surface area contributed by atoms with E-state index in [0.29, 0.717) is 26.4 Å². The molecule has 32 heavy (non-hydrogen) atoms. The largest absolute Gasteiger partial charge is 0.467 e. The van der Waals surface area contributed by atoms with Crippen LogP contribution in [-0.4, -0.2) is 22.1 Å². The highest BCUT2D eigenvalue weighted by Crippen LogP contribution is 2.31. The summed E-state index contributed by atoms with van der Waals surface area (Å²) in [5.74, 6) is -1.41. The summed E-state index contributed by atoms with van der Waals surface area (Å²) in [6.45, 7) is 3.66. The van der Waals surface area contributed by atoms with E-state index < -0.39 is 17.6 Å². The number of nitrogens with zero attached hydrogens (tertiary/aromatic N) is 2. The molecule has 0 radical (unpaired) electrons. The summed E-state index contributed by atoms with van der Waals surface area (Å²) in [6, 6.07) is 7.07. The van der Waals surface area contributed by atoms with Crippen LogP contribution in [-0.2, 0) is 17.0 Å². The van der Waals surface area contributed by atoms with Gasteiger partial charge in [-0.2, -0.15) is 0 Å². The molecule has 0 saturated heterocycles. The smallest absolute Gasteiger partial charge is 0.348 e. The van der Waals surface area contributed by atoms with Gasteiger partial charge in [0.15, 0.2) is 5.16 Å². The number of thiophene rings is 1. The first-order valence-electron chi connectivity index (χ1n) is 9.69. The molecule has 166 valence electrons. The van der Waals surface area contributed by atoms with Gasteiger partial charge in [0.1, 0.15) is 27.1 Å². The Morgan fingerprint density at radius 3 is 2.66 bits per heavy atom. The zero-order chi connectivity index (χ0) is 22.8. The maximum atomic E-state index is 14.1. The second-order valence-corrected chi connectivity index (χ2v) is 8.75. The fourth-order valence-corrected chi connectivity index (χ4v) is 5.34. The van der Waals surface area contributed by atoms with E-state index in [2.05, 4.69) is 4.98 Å². The van der Waals surface area contributed by atoms with Crippen LogP contribution in [0.1, 0.15) is 33.5 Å². The Morgan fingerprint density at radius 1 is 1.25 bits per heavy atom. The van der Waals surface area contributed by atoms with Crippen LogP contribution < -0.4 is 5.56 Å². The zero-order valence-corrected chi connectivity index (χ0v) is 18.8. The average Bonchev–Trinajstić information content (AvgIpc) is 3.38. The number of furan rings is 1. The van der Waals surface area contributed by atoms with Crippen LogP contribution in [0.5, 0.6) is 0 Å². The van der Waals surface area contributed by atoms with Crippen molar-refractivity contribution in [3.63, 3.8) is 0 Å². The van der Waals surface area contributed by atoms with Crippen LogP contribution in [0.2, 0.25) is 0 Å². The third kappa shape index (κ3) is 4.20. The lowest BCUT2D eigenvalue weighted by Crippen LogP contribution is -2.24. The number of esters is 1. The van der Waals surface area contributed by atoms with Crippen molar-refractivity contribution in [3.8, 4) is 0 Å². The number of hydrogen-bond donors (Lipinski definition) is 0. The Balaban J connectivity index is 1.82. The predicted octanol–water partition coefficient (Wildman–Crippen LogP) is 5.15. The summed E-state index contributed by atoms with van der Waals surface area (Å²) in [5.41, 5.74) is 0.0176. The van der Waals surface area contributed by atoms with Crippen molar-refractivity contribution in [2.45, 2.75) is 31.3 Å². The number of carbonyl (C=O) groups excluding carboxylic acids is 1. The lowest BCUT2D eigenvalue weighted by Gasteiger charge is -2.11. The summed E-state index contributed by atoms with van der Waals surface area (Å²) in [7, 11) is 0. The molecular formula is C22H18F2N2O4S2. The van der Waals surface area contributed by atoms with Gasteiger partial charge in [-0.05, 0) is 43.7 Å². The van der Waals surface area contributed by atoms with Gasteiger partial charge in [0.05, 0.1) is 24.8 Å². The number of ether oxygens (including phenoxy) is 1. The Morgan fingerprint density at radius 2 is 2.00 bits per heavy atom.